The number of carbonyl (C=O) groups is 1. The van der Waals surface area contributed by atoms with Gasteiger partial charge in [-0.25, -0.2) is 14.8 Å². The van der Waals surface area contributed by atoms with E-state index in [1.54, 1.807) is 30.2 Å². The van der Waals surface area contributed by atoms with Crippen LogP contribution in [0.3, 0.4) is 0 Å². The molecule has 3 aromatic heterocycles. The maximum atomic E-state index is 11.9. The SMILES string of the molecule is CC.CCn1nc(C)c(CNc2ncc(C(=O)O)c(Nc3cccc(-c4ncn(C)n4)c3OC)n2)c1C. The van der Waals surface area contributed by atoms with Gasteiger partial charge in [-0.15, -0.1) is 0 Å². The summed E-state index contributed by atoms with van der Waals surface area (Å²) >= 11 is 0. The lowest BCUT2D eigenvalue weighted by Gasteiger charge is -2.15. The molecule has 0 fully saturated rings. The minimum atomic E-state index is -1.16. The van der Waals surface area contributed by atoms with Gasteiger partial charge >= 0.3 is 5.97 Å². The first-order valence-corrected chi connectivity index (χ1v) is 12.0. The van der Waals surface area contributed by atoms with Gasteiger partial charge in [0, 0.05) is 37.6 Å². The van der Waals surface area contributed by atoms with Crippen molar-refractivity contribution in [2.75, 3.05) is 17.7 Å². The number of methoxy groups -OCH3 is 1. The molecule has 4 rings (SSSR count). The normalized spacial score (nSPS) is 10.5. The predicted octanol–water partition coefficient (Wildman–Crippen LogP) is 4.19. The maximum Gasteiger partial charge on any atom is 0.341 e. The molecule has 0 spiro atoms. The van der Waals surface area contributed by atoms with Crippen LogP contribution in [0.5, 0.6) is 5.75 Å². The summed E-state index contributed by atoms with van der Waals surface area (Å²) in [5, 5.41) is 24.8. The fourth-order valence-corrected chi connectivity index (χ4v) is 3.81. The number of anilines is 3. The summed E-state index contributed by atoms with van der Waals surface area (Å²) in [4.78, 5) is 24.8. The second-order valence-corrected chi connectivity index (χ2v) is 7.83. The second kappa shape index (κ2) is 12.0. The zero-order valence-electron chi connectivity index (χ0n) is 22.2. The number of para-hydroxylation sites is 1. The van der Waals surface area contributed by atoms with Crippen LogP contribution in [-0.2, 0) is 20.1 Å². The Bertz CT molecular complexity index is 1380. The van der Waals surface area contributed by atoms with Gasteiger partial charge in [0.25, 0.3) is 0 Å². The predicted molar refractivity (Wildman–Crippen MR) is 141 cm³/mol. The monoisotopic (exact) mass is 507 g/mol. The number of hydrogen-bond donors (Lipinski definition) is 3. The fourth-order valence-electron chi connectivity index (χ4n) is 3.81. The molecule has 0 unspecified atom stereocenters. The van der Waals surface area contributed by atoms with Crippen molar-refractivity contribution in [1.29, 1.82) is 0 Å². The maximum absolute atomic E-state index is 11.9. The molecule has 3 N–H and O–H groups in total. The molecule has 196 valence electrons. The molecular weight excluding hydrogens is 474 g/mol. The molecule has 0 radical (unpaired) electrons. The summed E-state index contributed by atoms with van der Waals surface area (Å²) in [6, 6.07) is 5.39. The Hall–Kier alpha value is -4.48. The number of nitrogens with one attached hydrogen (secondary N) is 2. The van der Waals surface area contributed by atoms with Gasteiger partial charge in [-0.1, -0.05) is 19.9 Å². The summed E-state index contributed by atoms with van der Waals surface area (Å²) in [6.45, 7) is 11.2. The molecule has 12 nitrogen and oxygen atoms in total. The van der Waals surface area contributed by atoms with Crippen LogP contribution in [0.1, 0.15) is 48.1 Å². The average molecular weight is 508 g/mol. The van der Waals surface area contributed by atoms with E-state index >= 15 is 0 Å². The summed E-state index contributed by atoms with van der Waals surface area (Å²) < 4.78 is 9.14. The van der Waals surface area contributed by atoms with Crippen LogP contribution in [0.25, 0.3) is 11.4 Å². The molecule has 0 saturated heterocycles. The Balaban J connectivity index is 0.00000186. The van der Waals surface area contributed by atoms with Crippen LogP contribution >= 0.6 is 0 Å². The van der Waals surface area contributed by atoms with E-state index in [4.69, 9.17) is 4.74 Å². The van der Waals surface area contributed by atoms with E-state index in [0.717, 1.165) is 23.5 Å². The number of benzene rings is 1. The number of hydrogen-bond acceptors (Lipinski definition) is 9. The number of carboxylic acids is 1. The molecule has 3 heterocycles. The van der Waals surface area contributed by atoms with Crippen molar-refractivity contribution >= 4 is 23.4 Å². The van der Waals surface area contributed by atoms with Crippen LogP contribution in [0.4, 0.5) is 17.5 Å². The largest absolute Gasteiger partial charge is 0.494 e. The lowest BCUT2D eigenvalue weighted by molar-refractivity contribution is 0.0697. The van der Waals surface area contributed by atoms with Gasteiger partial charge < -0.3 is 20.5 Å². The smallest absolute Gasteiger partial charge is 0.341 e. The number of aromatic carboxylic acids is 1. The van der Waals surface area contributed by atoms with E-state index in [-0.39, 0.29) is 17.3 Å². The molecule has 0 aliphatic heterocycles. The van der Waals surface area contributed by atoms with E-state index in [2.05, 4.69) is 35.8 Å². The van der Waals surface area contributed by atoms with Crippen molar-refractivity contribution in [3.05, 3.63) is 53.2 Å². The Kier molecular flexibility index (Phi) is 8.77. The zero-order valence-corrected chi connectivity index (χ0v) is 22.2. The van der Waals surface area contributed by atoms with Gasteiger partial charge in [0.2, 0.25) is 5.95 Å². The molecule has 12 heteroatoms. The van der Waals surface area contributed by atoms with Gasteiger partial charge in [-0.3, -0.25) is 9.36 Å². The highest BCUT2D eigenvalue weighted by molar-refractivity contribution is 5.94. The summed E-state index contributed by atoms with van der Waals surface area (Å²) in [7, 11) is 3.30. The summed E-state index contributed by atoms with van der Waals surface area (Å²) in [5.41, 5.74) is 4.11. The van der Waals surface area contributed by atoms with Gasteiger partial charge in [0.15, 0.2) is 17.4 Å². The van der Waals surface area contributed by atoms with Gasteiger partial charge in [-0.2, -0.15) is 15.2 Å². The molecule has 4 aromatic rings. The topological polar surface area (TPSA) is 145 Å². The summed E-state index contributed by atoms with van der Waals surface area (Å²) in [6.07, 6.45) is 2.86. The molecule has 0 atom stereocenters. The Morgan fingerprint density at radius 1 is 1.16 bits per heavy atom. The van der Waals surface area contributed by atoms with Crippen LogP contribution in [0, 0.1) is 13.8 Å². The first-order valence-electron chi connectivity index (χ1n) is 12.0. The Morgan fingerprint density at radius 2 is 1.92 bits per heavy atom. The lowest BCUT2D eigenvalue weighted by atomic mass is 10.1. The van der Waals surface area contributed by atoms with Crippen molar-refractivity contribution < 1.29 is 14.6 Å². The second-order valence-electron chi connectivity index (χ2n) is 7.83. The molecule has 1 aromatic carbocycles. The Morgan fingerprint density at radius 3 is 2.51 bits per heavy atom. The number of rotatable bonds is 9. The molecule has 0 aliphatic carbocycles. The van der Waals surface area contributed by atoms with E-state index in [1.807, 2.05) is 45.4 Å². The highest BCUT2D eigenvalue weighted by atomic mass is 16.5. The van der Waals surface area contributed by atoms with Crippen molar-refractivity contribution in [3.63, 3.8) is 0 Å². The molecular formula is C25H33N9O3. The van der Waals surface area contributed by atoms with Crippen molar-refractivity contribution in [2.24, 2.45) is 7.05 Å². The fraction of sp³-hybridized carbons (Fsp3) is 0.360. The highest BCUT2D eigenvalue weighted by Crippen LogP contribution is 2.36. The number of aromatic nitrogens is 7. The quantitative estimate of drug-likeness (QED) is 0.301. The minimum Gasteiger partial charge on any atom is -0.494 e. The number of ether oxygens (including phenoxy) is 1. The first-order chi connectivity index (χ1) is 17.8. The molecule has 0 bridgehead atoms. The molecule has 0 saturated carbocycles. The van der Waals surface area contributed by atoms with Gasteiger partial charge in [0.1, 0.15) is 11.9 Å². The first kappa shape index (κ1) is 27.1. The third-order valence-corrected chi connectivity index (χ3v) is 5.59. The standard InChI is InChI=1S/C23H27N9O3.C2H6/c1-6-32-14(3)16(13(2)29-32)10-24-23-25-11-17(22(33)34)21(28-23)27-18-9-7-8-15(19(18)35-5)20-26-12-31(4)30-20;1-2/h7-9,11-12H,6,10H2,1-5H3,(H,33,34)(H2,24,25,27,28);1-2H3. The minimum absolute atomic E-state index is 0.0786. The van der Waals surface area contributed by atoms with Crippen molar-refractivity contribution in [1.82, 2.24) is 34.5 Å². The summed E-state index contributed by atoms with van der Waals surface area (Å²) in [5.74, 6) is 0.187. The molecule has 0 amide bonds. The van der Waals surface area contributed by atoms with Crippen LogP contribution in [-0.4, -0.2) is 52.7 Å². The van der Waals surface area contributed by atoms with Crippen LogP contribution in [0.15, 0.2) is 30.7 Å². The number of nitrogens with zero attached hydrogens (tertiary/aromatic N) is 7. The van der Waals surface area contributed by atoms with Gasteiger partial charge in [0.05, 0.1) is 24.1 Å². The average Bonchev–Trinajstić information content (AvgIpc) is 3.45. The number of carboxylic acid groups (broad SMARTS) is 1. The van der Waals surface area contributed by atoms with E-state index in [9.17, 15) is 9.90 Å². The van der Waals surface area contributed by atoms with Gasteiger partial charge in [-0.05, 0) is 32.9 Å². The number of aryl methyl sites for hydroxylation is 3. The van der Waals surface area contributed by atoms with Crippen LogP contribution in [0.2, 0.25) is 0 Å². The van der Waals surface area contributed by atoms with E-state index < -0.39 is 5.97 Å². The van der Waals surface area contributed by atoms with Crippen molar-refractivity contribution in [2.45, 2.75) is 47.7 Å². The Labute approximate surface area is 215 Å². The third kappa shape index (κ3) is 5.85. The highest BCUT2D eigenvalue weighted by Gasteiger charge is 2.19. The third-order valence-electron chi connectivity index (χ3n) is 5.59. The van der Waals surface area contributed by atoms with Crippen molar-refractivity contribution in [3.8, 4) is 17.1 Å². The van der Waals surface area contributed by atoms with Crippen LogP contribution < -0.4 is 15.4 Å². The zero-order chi connectivity index (χ0) is 27.1. The van der Waals surface area contributed by atoms with E-state index in [0.29, 0.717) is 29.4 Å². The molecule has 0 aliphatic rings. The van der Waals surface area contributed by atoms with E-state index in [1.165, 1.54) is 13.3 Å². The molecule has 37 heavy (non-hydrogen) atoms. The lowest BCUT2D eigenvalue weighted by Crippen LogP contribution is -2.11.